The molecule has 0 radical (unpaired) electrons. The number of fused-ring (bicyclic) bond motifs is 1. The molecule has 0 saturated heterocycles. The van der Waals surface area contributed by atoms with E-state index in [0.29, 0.717) is 5.11 Å². The van der Waals surface area contributed by atoms with Gasteiger partial charge in [-0.15, -0.1) is 11.3 Å². The summed E-state index contributed by atoms with van der Waals surface area (Å²) in [5, 5.41) is 3.56. The van der Waals surface area contributed by atoms with Crippen molar-refractivity contribution in [1.82, 2.24) is 16.2 Å². The molecule has 1 heterocycles. The molecule has 1 aromatic heterocycles. The number of thiophene rings is 1. The molecule has 0 bridgehead atoms. The van der Waals surface area contributed by atoms with Crippen molar-refractivity contribution >= 4 is 34.6 Å². The second kappa shape index (κ2) is 8.48. The second-order valence-corrected chi connectivity index (χ2v) is 7.49. The monoisotopic (exact) mass is 339 g/mol. The van der Waals surface area contributed by atoms with Crippen LogP contribution in [0, 0.1) is 5.92 Å². The highest BCUT2D eigenvalue weighted by Crippen LogP contribution is 2.31. The van der Waals surface area contributed by atoms with Crippen LogP contribution < -0.4 is 16.2 Å². The first-order valence-electron chi connectivity index (χ1n) is 8.06. The quantitative estimate of drug-likeness (QED) is 0.438. The maximum absolute atomic E-state index is 12.2. The number of hydrogen-bond donors (Lipinski definition) is 3. The molecule has 0 fully saturated rings. The Bertz CT molecular complexity index is 527. The smallest absolute Gasteiger partial charge is 0.279 e. The van der Waals surface area contributed by atoms with Crippen LogP contribution in [0.3, 0.4) is 0 Å². The Labute approximate surface area is 142 Å². The van der Waals surface area contributed by atoms with E-state index in [4.69, 9.17) is 12.2 Å². The topological polar surface area (TPSA) is 53.2 Å². The molecule has 3 N–H and O–H groups in total. The predicted octanol–water partition coefficient (Wildman–Crippen LogP) is 3.17. The molecule has 122 valence electrons. The third kappa shape index (κ3) is 4.95. The fourth-order valence-corrected chi connectivity index (χ4v) is 3.87. The number of aryl methyl sites for hydroxylation is 1. The highest BCUT2D eigenvalue weighted by Gasteiger charge is 2.20. The maximum Gasteiger partial charge on any atom is 0.279 e. The van der Waals surface area contributed by atoms with Crippen LogP contribution in [0.4, 0.5) is 0 Å². The number of nitrogens with one attached hydrogen (secondary N) is 3. The summed E-state index contributed by atoms with van der Waals surface area (Å²) in [7, 11) is 0. The van der Waals surface area contributed by atoms with Gasteiger partial charge < -0.3 is 5.32 Å². The first kappa shape index (κ1) is 17.2. The van der Waals surface area contributed by atoms with Gasteiger partial charge in [0.1, 0.15) is 0 Å². The highest BCUT2D eigenvalue weighted by atomic mass is 32.1. The zero-order valence-electron chi connectivity index (χ0n) is 13.3. The summed E-state index contributed by atoms with van der Waals surface area (Å²) in [5.74, 6) is 0.612. The number of carbonyl (C=O) groups is 1. The fourth-order valence-electron chi connectivity index (χ4n) is 2.61. The molecule has 0 saturated carbocycles. The maximum atomic E-state index is 12.2. The van der Waals surface area contributed by atoms with E-state index in [9.17, 15) is 4.79 Å². The van der Waals surface area contributed by atoms with Gasteiger partial charge in [0.15, 0.2) is 5.11 Å². The van der Waals surface area contributed by atoms with E-state index in [1.807, 2.05) is 6.07 Å². The minimum Gasteiger partial charge on any atom is -0.361 e. The van der Waals surface area contributed by atoms with Crippen molar-refractivity contribution in [3.8, 4) is 0 Å². The van der Waals surface area contributed by atoms with E-state index in [0.717, 1.165) is 36.6 Å². The van der Waals surface area contributed by atoms with Crippen LogP contribution in [0.1, 0.15) is 59.6 Å². The van der Waals surface area contributed by atoms with E-state index in [1.54, 1.807) is 11.3 Å². The van der Waals surface area contributed by atoms with Gasteiger partial charge in [-0.1, -0.05) is 26.7 Å². The summed E-state index contributed by atoms with van der Waals surface area (Å²) >= 11 is 6.75. The van der Waals surface area contributed by atoms with E-state index in [-0.39, 0.29) is 5.91 Å². The summed E-state index contributed by atoms with van der Waals surface area (Å²) in [6.07, 6.45) is 6.85. The molecule has 0 spiro atoms. The minimum atomic E-state index is -0.107. The SMILES string of the molecule is CCCCCNC(=S)NNC(=O)c1cc2c(s1)CC[C@H](C)C2. The van der Waals surface area contributed by atoms with Gasteiger partial charge in [0.2, 0.25) is 0 Å². The molecule has 1 aromatic rings. The molecule has 0 unspecified atom stereocenters. The third-order valence-electron chi connectivity index (χ3n) is 3.91. The number of thiocarbonyl (C=S) groups is 1. The number of hydrogen-bond acceptors (Lipinski definition) is 3. The zero-order valence-corrected chi connectivity index (χ0v) is 15.0. The van der Waals surface area contributed by atoms with E-state index < -0.39 is 0 Å². The van der Waals surface area contributed by atoms with Crippen molar-refractivity contribution in [1.29, 1.82) is 0 Å². The molecule has 22 heavy (non-hydrogen) atoms. The molecule has 1 aliphatic rings. The van der Waals surface area contributed by atoms with Gasteiger partial charge in [0.05, 0.1) is 4.88 Å². The summed E-state index contributed by atoms with van der Waals surface area (Å²) in [6.45, 7) is 5.27. The average Bonchev–Trinajstić information content (AvgIpc) is 2.92. The number of hydrazine groups is 1. The second-order valence-electron chi connectivity index (χ2n) is 5.95. The normalized spacial score (nSPS) is 16.7. The predicted molar refractivity (Wildman–Crippen MR) is 96.2 cm³/mol. The van der Waals surface area contributed by atoms with Crippen molar-refractivity contribution in [2.24, 2.45) is 5.92 Å². The molecule has 0 aromatic carbocycles. The van der Waals surface area contributed by atoms with Crippen LogP contribution in [-0.4, -0.2) is 17.6 Å². The standard InChI is InChI=1S/C16H25N3OS2/c1-3-4-5-8-17-16(21)19-18-15(20)14-10-12-9-11(2)6-7-13(12)22-14/h10-11H,3-9H2,1-2H3,(H,18,20)(H2,17,19,21)/t11-/m0/s1. The van der Waals surface area contributed by atoms with Crippen molar-refractivity contribution in [3.63, 3.8) is 0 Å². The summed E-state index contributed by atoms with van der Waals surface area (Å²) in [4.78, 5) is 14.3. The lowest BCUT2D eigenvalue weighted by Gasteiger charge is -2.16. The average molecular weight is 340 g/mol. The Hall–Kier alpha value is -1.14. The van der Waals surface area contributed by atoms with Crippen LogP contribution in [-0.2, 0) is 12.8 Å². The van der Waals surface area contributed by atoms with Crippen molar-refractivity contribution in [2.45, 2.75) is 52.4 Å². The molecular weight excluding hydrogens is 314 g/mol. The molecule has 6 heteroatoms. The Morgan fingerprint density at radius 3 is 3.00 bits per heavy atom. The molecule has 1 atom stereocenters. The van der Waals surface area contributed by atoms with Crippen LogP contribution in [0.15, 0.2) is 6.07 Å². The lowest BCUT2D eigenvalue weighted by Crippen LogP contribution is -2.46. The Morgan fingerprint density at radius 1 is 1.41 bits per heavy atom. The number of unbranched alkanes of at least 4 members (excludes halogenated alkanes) is 2. The lowest BCUT2D eigenvalue weighted by atomic mass is 9.90. The van der Waals surface area contributed by atoms with Crippen LogP contribution >= 0.6 is 23.6 Å². The first-order valence-corrected chi connectivity index (χ1v) is 9.28. The number of amides is 1. The van der Waals surface area contributed by atoms with E-state index >= 15 is 0 Å². The summed E-state index contributed by atoms with van der Waals surface area (Å²) in [6, 6.07) is 2.03. The Kier molecular flexibility index (Phi) is 6.64. The summed E-state index contributed by atoms with van der Waals surface area (Å²) < 4.78 is 0. The van der Waals surface area contributed by atoms with Gasteiger partial charge in [0, 0.05) is 11.4 Å². The van der Waals surface area contributed by atoms with Gasteiger partial charge in [-0.2, -0.15) is 0 Å². The molecule has 2 rings (SSSR count). The number of rotatable bonds is 5. The third-order valence-corrected chi connectivity index (χ3v) is 5.39. The van der Waals surface area contributed by atoms with E-state index in [1.165, 1.54) is 29.7 Å². The van der Waals surface area contributed by atoms with Crippen LogP contribution in [0.5, 0.6) is 0 Å². The number of carbonyl (C=O) groups excluding carboxylic acids is 1. The highest BCUT2D eigenvalue weighted by molar-refractivity contribution is 7.80. The van der Waals surface area contributed by atoms with Crippen LogP contribution in [0.25, 0.3) is 0 Å². The van der Waals surface area contributed by atoms with E-state index in [2.05, 4.69) is 30.0 Å². The van der Waals surface area contributed by atoms with Gasteiger partial charge >= 0.3 is 0 Å². The zero-order chi connectivity index (χ0) is 15.9. The van der Waals surface area contributed by atoms with Gasteiger partial charge in [0.25, 0.3) is 5.91 Å². The largest absolute Gasteiger partial charge is 0.361 e. The fraction of sp³-hybridized carbons (Fsp3) is 0.625. The lowest BCUT2D eigenvalue weighted by molar-refractivity contribution is 0.0947. The van der Waals surface area contributed by atoms with Gasteiger partial charge in [-0.25, -0.2) is 0 Å². The summed E-state index contributed by atoms with van der Waals surface area (Å²) in [5.41, 5.74) is 6.79. The van der Waals surface area contributed by atoms with Crippen molar-refractivity contribution in [3.05, 3.63) is 21.4 Å². The minimum absolute atomic E-state index is 0.107. The van der Waals surface area contributed by atoms with Gasteiger partial charge in [-0.05, 0) is 55.4 Å². The molecule has 1 amide bonds. The molecular formula is C16H25N3OS2. The van der Waals surface area contributed by atoms with Crippen molar-refractivity contribution < 1.29 is 4.79 Å². The molecule has 4 nitrogen and oxygen atoms in total. The Balaban J connectivity index is 1.77. The van der Waals surface area contributed by atoms with Crippen LogP contribution in [0.2, 0.25) is 0 Å². The molecule has 1 aliphatic carbocycles. The first-order chi connectivity index (χ1) is 10.6. The van der Waals surface area contributed by atoms with Crippen molar-refractivity contribution in [2.75, 3.05) is 6.54 Å². The Morgan fingerprint density at radius 2 is 2.23 bits per heavy atom. The molecule has 0 aliphatic heterocycles. The van der Waals surface area contributed by atoms with Gasteiger partial charge in [-0.3, -0.25) is 15.6 Å².